The van der Waals surface area contributed by atoms with Crippen LogP contribution in [0.5, 0.6) is 0 Å². The number of halogens is 1. The molecule has 2 rings (SSSR count). The summed E-state index contributed by atoms with van der Waals surface area (Å²) in [6, 6.07) is 8.15. The first kappa shape index (κ1) is 14.2. The molecule has 0 amide bonds. The average Bonchev–Trinajstić information content (AvgIpc) is 2.90. The minimum absolute atomic E-state index is 0.390. The van der Waals surface area contributed by atoms with E-state index in [2.05, 4.69) is 11.9 Å². The highest BCUT2D eigenvalue weighted by Crippen LogP contribution is 2.23. The predicted molar refractivity (Wildman–Crippen MR) is 79.4 cm³/mol. The van der Waals surface area contributed by atoms with Crippen molar-refractivity contribution in [2.75, 3.05) is 25.1 Å². The molecule has 0 radical (unpaired) electrons. The molecule has 0 spiro atoms. The highest BCUT2D eigenvalue weighted by atomic mass is 35.5. The summed E-state index contributed by atoms with van der Waals surface area (Å²) in [6.07, 6.45) is 1.66. The van der Waals surface area contributed by atoms with Crippen molar-refractivity contribution in [3.63, 3.8) is 0 Å². The Morgan fingerprint density at radius 3 is 2.78 bits per heavy atom. The third-order valence-corrected chi connectivity index (χ3v) is 4.94. The van der Waals surface area contributed by atoms with Gasteiger partial charge in [-0.05, 0) is 43.3 Å². The molecule has 0 aliphatic carbocycles. The standard InChI is InChI=1S/C14H20ClNOS/c1-16(13-7-9-18-10-13)8-6-14(17)11-2-4-12(15)5-3-11/h2-5,13-14,17H,6-10H2,1H3. The Labute approximate surface area is 118 Å². The largest absolute Gasteiger partial charge is 0.388 e. The molecule has 4 heteroatoms. The van der Waals surface area contributed by atoms with E-state index >= 15 is 0 Å². The van der Waals surface area contributed by atoms with E-state index in [9.17, 15) is 5.11 Å². The number of aliphatic hydroxyl groups excluding tert-OH is 1. The molecule has 18 heavy (non-hydrogen) atoms. The normalized spacial score (nSPS) is 21.4. The molecule has 2 nitrogen and oxygen atoms in total. The Morgan fingerprint density at radius 1 is 1.44 bits per heavy atom. The van der Waals surface area contributed by atoms with Gasteiger partial charge in [0.25, 0.3) is 0 Å². The summed E-state index contributed by atoms with van der Waals surface area (Å²) in [5.41, 5.74) is 0.952. The zero-order chi connectivity index (χ0) is 13.0. The Hall–Kier alpha value is -0.220. The molecule has 1 N–H and O–H groups in total. The van der Waals surface area contributed by atoms with Crippen LogP contribution in [-0.2, 0) is 0 Å². The van der Waals surface area contributed by atoms with Crippen LogP contribution in [0, 0.1) is 0 Å². The summed E-state index contributed by atoms with van der Waals surface area (Å²) in [4.78, 5) is 2.37. The first-order chi connectivity index (χ1) is 8.66. The highest BCUT2D eigenvalue weighted by Gasteiger charge is 2.20. The van der Waals surface area contributed by atoms with Gasteiger partial charge in [-0.3, -0.25) is 0 Å². The van der Waals surface area contributed by atoms with Gasteiger partial charge in [-0.2, -0.15) is 11.8 Å². The van der Waals surface area contributed by atoms with Crippen LogP contribution in [0.15, 0.2) is 24.3 Å². The van der Waals surface area contributed by atoms with E-state index in [0.29, 0.717) is 11.1 Å². The zero-order valence-corrected chi connectivity index (χ0v) is 12.3. The van der Waals surface area contributed by atoms with E-state index in [1.165, 1.54) is 17.9 Å². The van der Waals surface area contributed by atoms with Gasteiger partial charge in [0.05, 0.1) is 6.10 Å². The fourth-order valence-corrected chi connectivity index (χ4v) is 3.65. The maximum atomic E-state index is 10.1. The van der Waals surface area contributed by atoms with Crippen LogP contribution < -0.4 is 0 Å². The molecule has 1 aliphatic rings. The number of benzene rings is 1. The fraction of sp³-hybridized carbons (Fsp3) is 0.571. The molecule has 2 atom stereocenters. The Balaban J connectivity index is 1.80. The highest BCUT2D eigenvalue weighted by molar-refractivity contribution is 7.99. The number of nitrogens with zero attached hydrogens (tertiary/aromatic N) is 1. The first-order valence-electron chi connectivity index (χ1n) is 6.38. The number of rotatable bonds is 5. The molecule has 0 bridgehead atoms. The number of aliphatic hydroxyl groups is 1. The van der Waals surface area contributed by atoms with Gasteiger partial charge in [0.1, 0.15) is 0 Å². The van der Waals surface area contributed by atoms with E-state index in [1.807, 2.05) is 36.0 Å². The third kappa shape index (κ3) is 3.89. The van der Waals surface area contributed by atoms with Crippen molar-refractivity contribution in [3.8, 4) is 0 Å². The summed E-state index contributed by atoms with van der Waals surface area (Å²) in [5.74, 6) is 2.50. The van der Waals surface area contributed by atoms with Crippen molar-refractivity contribution >= 4 is 23.4 Å². The van der Waals surface area contributed by atoms with Gasteiger partial charge < -0.3 is 10.0 Å². The lowest BCUT2D eigenvalue weighted by atomic mass is 10.1. The van der Waals surface area contributed by atoms with Gasteiger partial charge in [0.15, 0.2) is 0 Å². The van der Waals surface area contributed by atoms with Crippen molar-refractivity contribution in [3.05, 3.63) is 34.9 Å². The van der Waals surface area contributed by atoms with Gasteiger partial charge in [-0.25, -0.2) is 0 Å². The third-order valence-electron chi connectivity index (χ3n) is 3.54. The van der Waals surface area contributed by atoms with Crippen LogP contribution in [0.25, 0.3) is 0 Å². The van der Waals surface area contributed by atoms with E-state index in [-0.39, 0.29) is 0 Å². The maximum absolute atomic E-state index is 10.1. The van der Waals surface area contributed by atoms with Gasteiger partial charge in [-0.15, -0.1) is 0 Å². The van der Waals surface area contributed by atoms with Crippen molar-refractivity contribution in [2.24, 2.45) is 0 Å². The Bertz CT molecular complexity index is 365. The molecular formula is C14H20ClNOS. The molecule has 1 aromatic rings. The van der Waals surface area contributed by atoms with E-state index in [1.54, 1.807) is 0 Å². The SMILES string of the molecule is CN(CCC(O)c1ccc(Cl)cc1)C1CCSC1. The van der Waals surface area contributed by atoms with Crippen LogP contribution in [0.1, 0.15) is 24.5 Å². The van der Waals surface area contributed by atoms with Crippen molar-refractivity contribution in [1.29, 1.82) is 0 Å². The second-order valence-electron chi connectivity index (χ2n) is 4.85. The summed E-state index contributed by atoms with van der Waals surface area (Å²) >= 11 is 7.86. The van der Waals surface area contributed by atoms with Gasteiger partial charge in [0, 0.05) is 23.4 Å². The second-order valence-corrected chi connectivity index (χ2v) is 6.44. The van der Waals surface area contributed by atoms with Crippen molar-refractivity contribution < 1.29 is 5.11 Å². The van der Waals surface area contributed by atoms with E-state index < -0.39 is 6.10 Å². The zero-order valence-electron chi connectivity index (χ0n) is 10.7. The van der Waals surface area contributed by atoms with Gasteiger partial charge >= 0.3 is 0 Å². The Morgan fingerprint density at radius 2 is 2.17 bits per heavy atom. The molecule has 0 aromatic heterocycles. The number of hydrogen-bond donors (Lipinski definition) is 1. The maximum Gasteiger partial charge on any atom is 0.0802 e. The van der Waals surface area contributed by atoms with Crippen LogP contribution in [0.2, 0.25) is 5.02 Å². The first-order valence-corrected chi connectivity index (χ1v) is 7.91. The van der Waals surface area contributed by atoms with Gasteiger partial charge in [-0.1, -0.05) is 23.7 Å². The van der Waals surface area contributed by atoms with E-state index in [4.69, 9.17) is 11.6 Å². The van der Waals surface area contributed by atoms with Crippen LogP contribution >= 0.6 is 23.4 Å². The molecule has 1 heterocycles. The van der Waals surface area contributed by atoms with Crippen molar-refractivity contribution in [2.45, 2.75) is 25.0 Å². The lowest BCUT2D eigenvalue weighted by Gasteiger charge is -2.24. The molecule has 1 saturated heterocycles. The molecule has 0 saturated carbocycles. The quantitative estimate of drug-likeness (QED) is 0.899. The second kappa shape index (κ2) is 6.80. The Kier molecular flexibility index (Phi) is 5.37. The lowest BCUT2D eigenvalue weighted by Crippen LogP contribution is -2.32. The van der Waals surface area contributed by atoms with Crippen LogP contribution in [-0.4, -0.2) is 41.1 Å². The molecule has 100 valence electrons. The molecule has 1 aliphatic heterocycles. The van der Waals surface area contributed by atoms with Gasteiger partial charge in [0.2, 0.25) is 0 Å². The van der Waals surface area contributed by atoms with E-state index in [0.717, 1.165) is 18.5 Å². The summed E-state index contributed by atoms with van der Waals surface area (Å²) in [6.45, 7) is 0.940. The molecule has 2 unspecified atom stereocenters. The smallest absolute Gasteiger partial charge is 0.0802 e. The summed E-state index contributed by atoms with van der Waals surface area (Å²) < 4.78 is 0. The minimum Gasteiger partial charge on any atom is -0.388 e. The summed E-state index contributed by atoms with van der Waals surface area (Å²) in [5, 5.41) is 10.8. The summed E-state index contributed by atoms with van der Waals surface area (Å²) in [7, 11) is 2.16. The fourth-order valence-electron chi connectivity index (χ4n) is 2.23. The minimum atomic E-state index is -0.390. The average molecular weight is 286 g/mol. The van der Waals surface area contributed by atoms with Crippen LogP contribution in [0.4, 0.5) is 0 Å². The predicted octanol–water partition coefficient (Wildman–Crippen LogP) is 3.20. The monoisotopic (exact) mass is 285 g/mol. The number of thioether (sulfide) groups is 1. The van der Waals surface area contributed by atoms with Crippen LogP contribution in [0.3, 0.4) is 0 Å². The van der Waals surface area contributed by atoms with Crippen molar-refractivity contribution in [1.82, 2.24) is 4.90 Å². The number of hydrogen-bond acceptors (Lipinski definition) is 3. The molecule has 1 fully saturated rings. The topological polar surface area (TPSA) is 23.5 Å². The molecular weight excluding hydrogens is 266 g/mol. The molecule has 1 aromatic carbocycles. The lowest BCUT2D eigenvalue weighted by molar-refractivity contribution is 0.140.